The molecule has 3 rings (SSSR count). The molecule has 0 aliphatic rings. The van der Waals surface area contributed by atoms with Crippen molar-refractivity contribution in [1.82, 2.24) is 9.97 Å². The highest BCUT2D eigenvalue weighted by Gasteiger charge is 2.21. The van der Waals surface area contributed by atoms with Gasteiger partial charge in [0.15, 0.2) is 4.67 Å². The molecule has 2 heterocycles. The van der Waals surface area contributed by atoms with Gasteiger partial charge in [0.25, 0.3) is 0 Å². The van der Waals surface area contributed by atoms with Crippen LogP contribution in [0, 0.1) is 0 Å². The lowest BCUT2D eigenvalue weighted by atomic mass is 10.1. The summed E-state index contributed by atoms with van der Waals surface area (Å²) in [5, 5.41) is 9.43. The number of rotatable bonds is 9. The first-order valence-electron chi connectivity index (χ1n) is 8.95. The van der Waals surface area contributed by atoms with Gasteiger partial charge in [-0.15, -0.1) is 0 Å². The van der Waals surface area contributed by atoms with Gasteiger partial charge in [0.05, 0.1) is 13.2 Å². The topological polar surface area (TPSA) is 94.7 Å². The number of unbranched alkanes of at least 4 members (excludes halogenated alkanes) is 1. The SMILES string of the molecule is COc1ccc(-c2c(Br)oc3ncnc(O[C@H](C)CCCCC(=O)O)c23)cc1. The minimum absolute atomic E-state index is 0.121. The second kappa shape index (κ2) is 9.05. The molecule has 0 bridgehead atoms. The first-order valence-corrected chi connectivity index (χ1v) is 9.74. The Labute approximate surface area is 170 Å². The normalized spacial score (nSPS) is 12.1. The molecule has 0 saturated heterocycles. The minimum atomic E-state index is -0.779. The largest absolute Gasteiger partial charge is 0.497 e. The molecule has 148 valence electrons. The van der Waals surface area contributed by atoms with Crippen LogP contribution in [0.3, 0.4) is 0 Å². The number of carboxylic acids is 1. The van der Waals surface area contributed by atoms with Crippen molar-refractivity contribution in [3.8, 4) is 22.8 Å². The Kier molecular flexibility index (Phi) is 6.51. The quantitative estimate of drug-likeness (QED) is 0.456. The molecule has 0 aliphatic heterocycles. The number of hydrogen-bond donors (Lipinski definition) is 1. The fourth-order valence-corrected chi connectivity index (χ4v) is 3.52. The lowest BCUT2D eigenvalue weighted by Gasteiger charge is -2.14. The number of furan rings is 1. The van der Waals surface area contributed by atoms with Crippen molar-refractivity contribution in [2.45, 2.75) is 38.7 Å². The number of methoxy groups -OCH3 is 1. The van der Waals surface area contributed by atoms with Gasteiger partial charge in [-0.3, -0.25) is 4.79 Å². The molecule has 1 N–H and O–H groups in total. The van der Waals surface area contributed by atoms with Gasteiger partial charge in [-0.25, -0.2) is 9.97 Å². The average molecular weight is 449 g/mol. The molecule has 0 saturated carbocycles. The van der Waals surface area contributed by atoms with Crippen LogP contribution in [0.2, 0.25) is 0 Å². The third-order valence-corrected chi connectivity index (χ3v) is 4.91. The molecule has 0 fully saturated rings. The number of carboxylic acid groups (broad SMARTS) is 1. The van der Waals surface area contributed by atoms with E-state index in [1.807, 2.05) is 31.2 Å². The van der Waals surface area contributed by atoms with Gasteiger partial charge in [-0.05, 0) is 59.8 Å². The van der Waals surface area contributed by atoms with Crippen molar-refractivity contribution in [3.05, 3.63) is 35.3 Å². The molecule has 1 aromatic carbocycles. The highest BCUT2D eigenvalue weighted by Crippen LogP contribution is 2.41. The predicted octanol–water partition coefficient (Wildman–Crippen LogP) is 5.07. The number of benzene rings is 1. The van der Waals surface area contributed by atoms with Crippen molar-refractivity contribution in [1.29, 1.82) is 0 Å². The summed E-state index contributed by atoms with van der Waals surface area (Å²) >= 11 is 3.47. The third-order valence-electron chi connectivity index (χ3n) is 4.35. The Morgan fingerprint density at radius 1 is 1.25 bits per heavy atom. The van der Waals surface area contributed by atoms with E-state index in [-0.39, 0.29) is 12.5 Å². The highest BCUT2D eigenvalue weighted by molar-refractivity contribution is 9.10. The van der Waals surface area contributed by atoms with Gasteiger partial charge in [0.2, 0.25) is 11.6 Å². The number of ether oxygens (including phenoxy) is 2. The minimum Gasteiger partial charge on any atom is -0.497 e. The molecule has 28 heavy (non-hydrogen) atoms. The van der Waals surface area contributed by atoms with Crippen molar-refractivity contribution < 1.29 is 23.8 Å². The number of halogens is 1. The Morgan fingerprint density at radius 3 is 2.68 bits per heavy atom. The van der Waals surface area contributed by atoms with Crippen LogP contribution >= 0.6 is 15.9 Å². The van der Waals surface area contributed by atoms with Crippen LogP contribution in [0.5, 0.6) is 11.6 Å². The summed E-state index contributed by atoms with van der Waals surface area (Å²) in [5.41, 5.74) is 2.16. The number of nitrogens with zero attached hydrogens (tertiary/aromatic N) is 2. The third kappa shape index (κ3) is 4.62. The highest BCUT2D eigenvalue weighted by atomic mass is 79.9. The zero-order chi connectivity index (χ0) is 20.1. The zero-order valence-corrected chi connectivity index (χ0v) is 17.2. The standard InChI is InChI=1S/C20H21BrN2O5/c1-12(5-3-4-6-15(24)25)27-19-17-16(13-7-9-14(26-2)10-8-13)18(21)28-20(17)23-11-22-19/h7-12H,3-6H2,1-2H3,(H,24,25)/t12-/m1/s1. The maximum Gasteiger partial charge on any atom is 0.303 e. The molecule has 0 amide bonds. The molecule has 0 unspecified atom stereocenters. The van der Waals surface area contributed by atoms with E-state index in [1.54, 1.807) is 7.11 Å². The van der Waals surface area contributed by atoms with E-state index in [0.717, 1.165) is 29.7 Å². The van der Waals surface area contributed by atoms with Gasteiger partial charge >= 0.3 is 5.97 Å². The first-order chi connectivity index (χ1) is 13.5. The Hall–Kier alpha value is -2.61. The molecular formula is C20H21BrN2O5. The predicted molar refractivity (Wildman–Crippen MR) is 108 cm³/mol. The second-order valence-corrected chi connectivity index (χ2v) is 7.13. The van der Waals surface area contributed by atoms with Gasteiger partial charge in [0.1, 0.15) is 17.5 Å². The molecule has 7 nitrogen and oxygen atoms in total. The summed E-state index contributed by atoms with van der Waals surface area (Å²) in [6, 6.07) is 7.60. The Balaban J connectivity index is 1.85. The van der Waals surface area contributed by atoms with Crippen LogP contribution < -0.4 is 9.47 Å². The molecule has 2 aromatic heterocycles. The molecule has 0 radical (unpaired) electrons. The smallest absolute Gasteiger partial charge is 0.303 e. The van der Waals surface area contributed by atoms with Crippen molar-refractivity contribution in [2.75, 3.05) is 7.11 Å². The van der Waals surface area contributed by atoms with E-state index in [1.165, 1.54) is 6.33 Å². The van der Waals surface area contributed by atoms with Gasteiger partial charge in [0, 0.05) is 12.0 Å². The fourth-order valence-electron chi connectivity index (χ4n) is 2.94. The summed E-state index contributed by atoms with van der Waals surface area (Å²) in [5.74, 6) is 0.421. The summed E-state index contributed by atoms with van der Waals surface area (Å²) in [7, 11) is 1.62. The van der Waals surface area contributed by atoms with Crippen molar-refractivity contribution in [2.24, 2.45) is 0 Å². The van der Waals surface area contributed by atoms with Crippen LogP contribution in [0.4, 0.5) is 0 Å². The van der Waals surface area contributed by atoms with Crippen LogP contribution in [-0.2, 0) is 4.79 Å². The number of hydrogen-bond acceptors (Lipinski definition) is 6. The van der Waals surface area contributed by atoms with Gasteiger partial charge in [-0.1, -0.05) is 12.1 Å². The number of aliphatic carboxylic acids is 1. The van der Waals surface area contributed by atoms with E-state index < -0.39 is 5.97 Å². The molecule has 0 aliphatic carbocycles. The van der Waals surface area contributed by atoms with Gasteiger partial charge in [-0.2, -0.15) is 0 Å². The maximum absolute atomic E-state index is 10.6. The van der Waals surface area contributed by atoms with Crippen LogP contribution in [0.1, 0.15) is 32.6 Å². The van der Waals surface area contributed by atoms with Crippen LogP contribution in [0.15, 0.2) is 39.7 Å². The lowest BCUT2D eigenvalue weighted by molar-refractivity contribution is -0.137. The summed E-state index contributed by atoms with van der Waals surface area (Å²) in [4.78, 5) is 19.1. The van der Waals surface area contributed by atoms with E-state index in [0.29, 0.717) is 28.1 Å². The Morgan fingerprint density at radius 2 is 2.00 bits per heavy atom. The summed E-state index contributed by atoms with van der Waals surface area (Å²) in [6.45, 7) is 1.94. The molecule has 0 spiro atoms. The Bertz CT molecular complexity index is 955. The zero-order valence-electron chi connectivity index (χ0n) is 15.6. The van der Waals surface area contributed by atoms with Crippen LogP contribution in [-0.4, -0.2) is 34.3 Å². The second-order valence-electron chi connectivity index (χ2n) is 6.41. The molecule has 1 atom stereocenters. The number of aromatic nitrogens is 2. The van der Waals surface area contributed by atoms with Crippen LogP contribution in [0.25, 0.3) is 22.2 Å². The van der Waals surface area contributed by atoms with E-state index in [2.05, 4.69) is 25.9 Å². The number of carbonyl (C=O) groups is 1. The monoisotopic (exact) mass is 448 g/mol. The average Bonchev–Trinajstić information content (AvgIpc) is 3.02. The van der Waals surface area contributed by atoms with E-state index in [4.69, 9.17) is 19.0 Å². The molecule has 3 aromatic rings. The summed E-state index contributed by atoms with van der Waals surface area (Å²) < 4.78 is 17.6. The summed E-state index contributed by atoms with van der Waals surface area (Å²) in [6.07, 6.45) is 3.57. The van der Waals surface area contributed by atoms with E-state index >= 15 is 0 Å². The lowest BCUT2D eigenvalue weighted by Crippen LogP contribution is -2.13. The van der Waals surface area contributed by atoms with Crippen molar-refractivity contribution in [3.63, 3.8) is 0 Å². The first kappa shape index (κ1) is 20.1. The maximum atomic E-state index is 10.6. The van der Waals surface area contributed by atoms with Crippen molar-refractivity contribution >= 4 is 33.0 Å². The fraction of sp³-hybridized carbons (Fsp3) is 0.350. The molecule has 8 heteroatoms. The van der Waals surface area contributed by atoms with E-state index in [9.17, 15) is 4.79 Å². The van der Waals surface area contributed by atoms with Gasteiger partial charge < -0.3 is 19.0 Å². The molecular weight excluding hydrogens is 428 g/mol. The number of fused-ring (bicyclic) bond motifs is 1.